The largest absolute Gasteiger partial charge is 0.353 e. The summed E-state index contributed by atoms with van der Waals surface area (Å²) >= 11 is 9.29. The second-order valence-corrected chi connectivity index (χ2v) is 5.38. The highest BCUT2D eigenvalue weighted by molar-refractivity contribution is 9.10. The Morgan fingerprint density at radius 1 is 1.50 bits per heavy atom. The topological polar surface area (TPSA) is 29.1 Å². The zero-order valence-electron chi connectivity index (χ0n) is 8.80. The lowest BCUT2D eigenvalue weighted by Crippen LogP contribution is -2.40. The Morgan fingerprint density at radius 2 is 2.25 bits per heavy atom. The van der Waals surface area contributed by atoms with Gasteiger partial charge in [0.25, 0.3) is 0 Å². The molecule has 1 amide bonds. The highest BCUT2D eigenvalue weighted by Gasteiger charge is 2.19. The number of halogens is 2. The summed E-state index contributed by atoms with van der Waals surface area (Å²) in [5, 5.41) is 3.65. The number of rotatable bonds is 3. The zero-order valence-corrected chi connectivity index (χ0v) is 11.1. The van der Waals surface area contributed by atoms with Gasteiger partial charge in [0.05, 0.1) is 11.4 Å². The number of nitrogens with one attached hydrogen (secondary N) is 1. The molecule has 1 saturated carbocycles. The zero-order chi connectivity index (χ0) is 11.5. The Morgan fingerprint density at radius 3 is 2.81 bits per heavy atom. The Labute approximate surface area is 108 Å². The summed E-state index contributed by atoms with van der Waals surface area (Å²) in [5.74, 6) is 0.0862. The molecule has 1 aliphatic rings. The minimum Gasteiger partial charge on any atom is -0.353 e. The summed E-state index contributed by atoms with van der Waals surface area (Å²) < 4.78 is 0.859. The van der Waals surface area contributed by atoms with Crippen LogP contribution in [0.5, 0.6) is 0 Å². The molecule has 0 atom stereocenters. The van der Waals surface area contributed by atoms with Crippen molar-refractivity contribution in [1.29, 1.82) is 0 Å². The van der Waals surface area contributed by atoms with Gasteiger partial charge in [-0.1, -0.05) is 17.7 Å². The van der Waals surface area contributed by atoms with Crippen LogP contribution in [0.4, 0.5) is 0 Å². The molecule has 1 aromatic carbocycles. The number of carbonyl (C=O) groups excluding carboxylic acids is 1. The van der Waals surface area contributed by atoms with Gasteiger partial charge in [0.15, 0.2) is 0 Å². The van der Waals surface area contributed by atoms with Crippen LogP contribution in [0.3, 0.4) is 0 Å². The summed E-state index contributed by atoms with van der Waals surface area (Å²) in [6.07, 6.45) is 3.87. The molecule has 0 bridgehead atoms. The lowest BCUT2D eigenvalue weighted by Gasteiger charge is -2.26. The van der Waals surface area contributed by atoms with Gasteiger partial charge in [0.1, 0.15) is 0 Å². The molecular formula is C12H13BrClNO. The molecule has 1 N–H and O–H groups in total. The highest BCUT2D eigenvalue weighted by atomic mass is 79.9. The number of amides is 1. The molecule has 0 aromatic heterocycles. The van der Waals surface area contributed by atoms with E-state index in [-0.39, 0.29) is 5.91 Å². The molecule has 1 aliphatic carbocycles. The van der Waals surface area contributed by atoms with Crippen LogP contribution in [0.1, 0.15) is 24.8 Å². The van der Waals surface area contributed by atoms with Crippen LogP contribution in [-0.2, 0) is 11.2 Å². The second kappa shape index (κ2) is 5.19. The van der Waals surface area contributed by atoms with Gasteiger partial charge in [-0.2, -0.15) is 0 Å². The van der Waals surface area contributed by atoms with Crippen molar-refractivity contribution in [1.82, 2.24) is 5.32 Å². The van der Waals surface area contributed by atoms with Crippen molar-refractivity contribution in [2.75, 3.05) is 0 Å². The summed E-state index contributed by atoms with van der Waals surface area (Å²) in [6.45, 7) is 0. The van der Waals surface area contributed by atoms with Crippen molar-refractivity contribution in [3.8, 4) is 0 Å². The van der Waals surface area contributed by atoms with E-state index in [4.69, 9.17) is 11.6 Å². The standard InChI is InChI=1S/C12H13BrClNO/c13-10-5-4-8(6-11(10)14)7-12(16)15-9-2-1-3-9/h4-6,9H,1-3,7H2,(H,15,16). The molecule has 2 rings (SSSR count). The predicted molar refractivity (Wildman–Crippen MR) is 68.6 cm³/mol. The molecule has 1 fully saturated rings. The van der Waals surface area contributed by atoms with Gasteiger partial charge >= 0.3 is 0 Å². The fraction of sp³-hybridized carbons (Fsp3) is 0.417. The van der Waals surface area contributed by atoms with Crippen LogP contribution in [0.2, 0.25) is 5.02 Å². The Kier molecular flexibility index (Phi) is 3.87. The van der Waals surface area contributed by atoms with E-state index < -0.39 is 0 Å². The van der Waals surface area contributed by atoms with Crippen molar-refractivity contribution < 1.29 is 4.79 Å². The smallest absolute Gasteiger partial charge is 0.224 e. The van der Waals surface area contributed by atoms with Crippen molar-refractivity contribution in [3.63, 3.8) is 0 Å². The molecule has 0 aliphatic heterocycles. The third-order valence-electron chi connectivity index (χ3n) is 2.82. The number of hydrogen-bond acceptors (Lipinski definition) is 1. The molecule has 0 spiro atoms. The van der Waals surface area contributed by atoms with E-state index in [1.54, 1.807) is 0 Å². The Bertz CT molecular complexity index is 404. The predicted octanol–water partition coefficient (Wildman–Crippen LogP) is 3.31. The second-order valence-electron chi connectivity index (χ2n) is 4.12. The molecule has 0 saturated heterocycles. The first-order valence-corrected chi connectivity index (χ1v) is 6.55. The van der Waals surface area contributed by atoms with Crippen molar-refractivity contribution >= 4 is 33.4 Å². The van der Waals surface area contributed by atoms with Gasteiger partial charge in [-0.3, -0.25) is 4.79 Å². The van der Waals surface area contributed by atoms with Crippen molar-refractivity contribution in [2.24, 2.45) is 0 Å². The molecule has 4 heteroatoms. The maximum Gasteiger partial charge on any atom is 0.224 e. The molecule has 2 nitrogen and oxygen atoms in total. The average molecular weight is 303 g/mol. The van der Waals surface area contributed by atoms with E-state index in [0.29, 0.717) is 17.5 Å². The molecule has 16 heavy (non-hydrogen) atoms. The molecule has 0 heterocycles. The normalized spacial score (nSPS) is 15.6. The van der Waals surface area contributed by atoms with Crippen molar-refractivity contribution in [2.45, 2.75) is 31.7 Å². The first-order chi connectivity index (χ1) is 7.65. The number of carbonyl (C=O) groups is 1. The van der Waals surface area contributed by atoms with Crippen LogP contribution < -0.4 is 5.32 Å². The van der Waals surface area contributed by atoms with Crippen LogP contribution >= 0.6 is 27.5 Å². The van der Waals surface area contributed by atoms with Gasteiger partial charge < -0.3 is 5.32 Å². The molecule has 86 valence electrons. The fourth-order valence-electron chi connectivity index (χ4n) is 1.67. The van der Waals surface area contributed by atoms with Gasteiger partial charge in [0, 0.05) is 10.5 Å². The van der Waals surface area contributed by atoms with Crippen LogP contribution in [0, 0.1) is 0 Å². The van der Waals surface area contributed by atoms with Crippen molar-refractivity contribution in [3.05, 3.63) is 33.3 Å². The first kappa shape index (κ1) is 11.9. The van der Waals surface area contributed by atoms with Gasteiger partial charge in [0.2, 0.25) is 5.91 Å². The quantitative estimate of drug-likeness (QED) is 0.912. The first-order valence-electron chi connectivity index (χ1n) is 5.38. The van der Waals surface area contributed by atoms with Gasteiger partial charge in [-0.25, -0.2) is 0 Å². The summed E-state index contributed by atoms with van der Waals surface area (Å²) in [5.41, 5.74) is 0.949. The Balaban J connectivity index is 1.92. The van der Waals surface area contributed by atoms with Crippen LogP contribution in [0.25, 0.3) is 0 Å². The SMILES string of the molecule is O=C(Cc1ccc(Br)c(Cl)c1)NC1CCC1. The lowest BCUT2D eigenvalue weighted by molar-refractivity contribution is -0.121. The van der Waals surface area contributed by atoms with E-state index in [1.165, 1.54) is 6.42 Å². The summed E-state index contributed by atoms with van der Waals surface area (Å²) in [4.78, 5) is 11.6. The molecule has 0 radical (unpaired) electrons. The highest BCUT2D eigenvalue weighted by Crippen LogP contribution is 2.23. The maximum atomic E-state index is 11.6. The van der Waals surface area contributed by atoms with E-state index in [1.807, 2.05) is 18.2 Å². The minimum absolute atomic E-state index is 0.0862. The third kappa shape index (κ3) is 2.98. The van der Waals surface area contributed by atoms with Gasteiger partial charge in [-0.05, 0) is 52.9 Å². The van der Waals surface area contributed by atoms with Gasteiger partial charge in [-0.15, -0.1) is 0 Å². The van der Waals surface area contributed by atoms with E-state index in [2.05, 4.69) is 21.2 Å². The monoisotopic (exact) mass is 301 g/mol. The molecule has 1 aromatic rings. The molecule has 0 unspecified atom stereocenters. The summed E-state index contributed by atoms with van der Waals surface area (Å²) in [7, 11) is 0. The number of hydrogen-bond donors (Lipinski definition) is 1. The minimum atomic E-state index is 0.0862. The van der Waals surface area contributed by atoms with E-state index in [9.17, 15) is 4.79 Å². The van der Waals surface area contributed by atoms with E-state index in [0.717, 1.165) is 22.9 Å². The van der Waals surface area contributed by atoms with E-state index >= 15 is 0 Å². The average Bonchev–Trinajstić information content (AvgIpc) is 2.18. The number of benzene rings is 1. The Hall–Kier alpha value is -0.540. The van der Waals surface area contributed by atoms with Crippen LogP contribution in [-0.4, -0.2) is 11.9 Å². The maximum absolute atomic E-state index is 11.6. The van der Waals surface area contributed by atoms with Crippen LogP contribution in [0.15, 0.2) is 22.7 Å². The lowest BCUT2D eigenvalue weighted by atomic mass is 9.93. The third-order valence-corrected chi connectivity index (χ3v) is 4.05. The fourth-order valence-corrected chi connectivity index (χ4v) is 2.12. The molecular weight excluding hydrogens is 289 g/mol. The summed E-state index contributed by atoms with van der Waals surface area (Å²) in [6, 6.07) is 6.01.